The van der Waals surface area contributed by atoms with E-state index in [9.17, 15) is 9.59 Å². The molecule has 2 amide bonds. The lowest BCUT2D eigenvalue weighted by atomic mass is 10.2. The largest absolute Gasteiger partial charge is 0.486 e. The molecule has 1 unspecified atom stereocenters. The van der Waals surface area contributed by atoms with E-state index in [1.165, 1.54) is 0 Å². The summed E-state index contributed by atoms with van der Waals surface area (Å²) in [7, 11) is 0. The van der Waals surface area contributed by atoms with Crippen LogP contribution in [0.5, 0.6) is 11.5 Å². The molecule has 1 atom stereocenters. The lowest BCUT2D eigenvalue weighted by Crippen LogP contribution is -2.39. The first-order chi connectivity index (χ1) is 9.47. The summed E-state index contributed by atoms with van der Waals surface area (Å²) in [5.41, 5.74) is 10.9. The van der Waals surface area contributed by atoms with Gasteiger partial charge in [0, 0.05) is 12.1 Å². The van der Waals surface area contributed by atoms with Gasteiger partial charge in [-0.2, -0.15) is 0 Å². The van der Waals surface area contributed by atoms with E-state index in [0.717, 1.165) is 0 Å². The average molecular weight is 336 g/mol. The number of benzene rings is 1. The highest BCUT2D eigenvalue weighted by Crippen LogP contribution is 2.37. The number of nitrogens with one attached hydrogen (secondary N) is 1. The summed E-state index contributed by atoms with van der Waals surface area (Å²) in [6.45, 7) is 0.863. The predicted molar refractivity (Wildman–Crippen MR) is 80.1 cm³/mol. The number of carbonyl (C=O) groups excluding carboxylic acids is 2. The number of carbonyl (C=O) groups is 2. The van der Waals surface area contributed by atoms with Crippen molar-refractivity contribution in [3.05, 3.63) is 17.2 Å². The van der Waals surface area contributed by atoms with E-state index in [-0.39, 0.29) is 23.9 Å². The quantitative estimate of drug-likeness (QED) is 0.747. The summed E-state index contributed by atoms with van der Waals surface area (Å²) in [5.74, 6) is -0.205. The molecular weight excluding hydrogens is 321 g/mol. The van der Waals surface area contributed by atoms with Crippen LogP contribution in [-0.2, 0) is 9.59 Å². The van der Waals surface area contributed by atoms with Crippen molar-refractivity contribution in [2.45, 2.75) is 12.5 Å². The van der Waals surface area contributed by atoms with Crippen LogP contribution in [0, 0.1) is 0 Å². The molecule has 0 saturated carbocycles. The first kappa shape index (κ1) is 17.4. The Balaban J connectivity index is 0.00000220. The molecule has 0 bridgehead atoms. The van der Waals surface area contributed by atoms with Gasteiger partial charge >= 0.3 is 0 Å². The Morgan fingerprint density at radius 2 is 1.86 bits per heavy atom. The maximum atomic E-state index is 11.8. The zero-order valence-electron chi connectivity index (χ0n) is 10.9. The molecule has 1 heterocycles. The number of halogens is 2. The van der Waals surface area contributed by atoms with Crippen LogP contribution in [0.1, 0.15) is 6.42 Å². The number of amides is 2. The molecule has 1 aliphatic rings. The predicted octanol–water partition coefficient (Wildman–Crippen LogP) is 0.674. The molecule has 0 fully saturated rings. The van der Waals surface area contributed by atoms with Gasteiger partial charge in [0.05, 0.1) is 23.2 Å². The molecule has 21 heavy (non-hydrogen) atoms. The number of nitrogens with two attached hydrogens (primary N) is 2. The highest BCUT2D eigenvalue weighted by molar-refractivity contribution is 6.34. The normalized spacial score (nSPS) is 13.8. The molecule has 1 aromatic carbocycles. The molecule has 0 spiro atoms. The summed E-state index contributed by atoms with van der Waals surface area (Å²) < 4.78 is 10.7. The smallest absolute Gasteiger partial charge is 0.241 e. The van der Waals surface area contributed by atoms with Crippen molar-refractivity contribution >= 4 is 41.5 Å². The maximum Gasteiger partial charge on any atom is 0.241 e. The molecule has 0 aromatic heterocycles. The minimum absolute atomic E-state index is 0. The molecule has 5 N–H and O–H groups in total. The van der Waals surface area contributed by atoms with Crippen LogP contribution in [-0.4, -0.2) is 31.1 Å². The number of anilines is 1. The number of rotatable bonds is 4. The van der Waals surface area contributed by atoms with Crippen LogP contribution in [0.15, 0.2) is 12.1 Å². The molecule has 2 rings (SSSR count). The second-order valence-electron chi connectivity index (χ2n) is 4.24. The van der Waals surface area contributed by atoms with Crippen LogP contribution in [0.2, 0.25) is 5.02 Å². The third kappa shape index (κ3) is 4.38. The second kappa shape index (κ2) is 7.35. The fourth-order valence-electron chi connectivity index (χ4n) is 1.69. The van der Waals surface area contributed by atoms with Crippen LogP contribution < -0.4 is 26.3 Å². The van der Waals surface area contributed by atoms with Crippen LogP contribution in [0.25, 0.3) is 0 Å². The van der Waals surface area contributed by atoms with Crippen molar-refractivity contribution in [3.63, 3.8) is 0 Å². The van der Waals surface area contributed by atoms with Crippen molar-refractivity contribution < 1.29 is 19.1 Å². The molecular formula is C12H15Cl2N3O4. The highest BCUT2D eigenvalue weighted by Gasteiger charge is 2.20. The maximum absolute atomic E-state index is 11.8. The third-order valence-electron chi connectivity index (χ3n) is 2.65. The number of primary amides is 1. The number of fused-ring (bicyclic) bond motifs is 1. The van der Waals surface area contributed by atoms with E-state index in [1.807, 2.05) is 0 Å². The molecule has 0 radical (unpaired) electrons. The first-order valence-electron chi connectivity index (χ1n) is 5.91. The standard InChI is InChI=1S/C12H14ClN3O4.ClH/c13-6-3-9-10(20-2-1-19-9)5-8(6)16-12(18)7(14)4-11(15)17;/h3,5,7H,1-2,4,14H2,(H2,15,17)(H,16,18);1H. The molecule has 0 saturated heterocycles. The van der Waals surface area contributed by atoms with Crippen molar-refractivity contribution in [1.29, 1.82) is 0 Å². The van der Waals surface area contributed by atoms with Crippen molar-refractivity contribution in [2.24, 2.45) is 11.5 Å². The van der Waals surface area contributed by atoms with Gasteiger partial charge in [0.2, 0.25) is 11.8 Å². The SMILES string of the molecule is Cl.NC(=O)CC(N)C(=O)Nc1cc2c(cc1Cl)OCCO2. The Morgan fingerprint density at radius 1 is 1.29 bits per heavy atom. The summed E-state index contributed by atoms with van der Waals surface area (Å²) in [5, 5.41) is 2.81. The van der Waals surface area contributed by atoms with Crippen molar-refractivity contribution in [2.75, 3.05) is 18.5 Å². The Bertz CT molecular complexity index is 554. The van der Waals surface area contributed by atoms with Crippen LogP contribution >= 0.6 is 24.0 Å². The Morgan fingerprint density at radius 3 is 2.43 bits per heavy atom. The van der Waals surface area contributed by atoms with Gasteiger partial charge in [-0.25, -0.2) is 0 Å². The van der Waals surface area contributed by atoms with E-state index >= 15 is 0 Å². The van der Waals surface area contributed by atoms with Gasteiger partial charge in [0.1, 0.15) is 13.2 Å². The number of ether oxygens (including phenoxy) is 2. The molecule has 7 nitrogen and oxygen atoms in total. The van der Waals surface area contributed by atoms with Crippen LogP contribution in [0.4, 0.5) is 5.69 Å². The summed E-state index contributed by atoms with van der Waals surface area (Å²) in [6, 6.07) is 2.06. The van der Waals surface area contributed by atoms with Crippen molar-refractivity contribution in [1.82, 2.24) is 0 Å². The highest BCUT2D eigenvalue weighted by atomic mass is 35.5. The molecule has 116 valence electrons. The summed E-state index contributed by atoms with van der Waals surface area (Å²) in [6.07, 6.45) is -0.242. The lowest BCUT2D eigenvalue weighted by Gasteiger charge is -2.20. The average Bonchev–Trinajstić information content (AvgIpc) is 2.38. The first-order valence-corrected chi connectivity index (χ1v) is 6.29. The van der Waals surface area contributed by atoms with E-state index in [1.54, 1.807) is 12.1 Å². The lowest BCUT2D eigenvalue weighted by molar-refractivity contribution is -0.123. The van der Waals surface area contributed by atoms with E-state index in [2.05, 4.69) is 5.32 Å². The Kier molecular flexibility index (Phi) is 6.07. The third-order valence-corrected chi connectivity index (χ3v) is 2.96. The van der Waals surface area contributed by atoms with Gasteiger partial charge in [-0.15, -0.1) is 12.4 Å². The van der Waals surface area contributed by atoms with Crippen molar-refractivity contribution in [3.8, 4) is 11.5 Å². The zero-order valence-corrected chi connectivity index (χ0v) is 12.5. The topological polar surface area (TPSA) is 117 Å². The fourth-order valence-corrected chi connectivity index (χ4v) is 1.90. The van der Waals surface area contributed by atoms with E-state index in [0.29, 0.717) is 30.4 Å². The molecule has 9 heteroatoms. The fraction of sp³-hybridized carbons (Fsp3) is 0.333. The monoisotopic (exact) mass is 335 g/mol. The summed E-state index contributed by atoms with van der Waals surface area (Å²) in [4.78, 5) is 22.5. The van der Waals surface area contributed by atoms with Gasteiger partial charge in [0.15, 0.2) is 11.5 Å². The van der Waals surface area contributed by atoms with Gasteiger partial charge in [-0.05, 0) is 0 Å². The second-order valence-corrected chi connectivity index (χ2v) is 4.65. The minimum atomic E-state index is -1.03. The van der Waals surface area contributed by atoms with Gasteiger partial charge in [-0.1, -0.05) is 11.6 Å². The Hall–Kier alpha value is -1.70. The van der Waals surface area contributed by atoms with Crippen LogP contribution in [0.3, 0.4) is 0 Å². The zero-order chi connectivity index (χ0) is 14.7. The Labute approximate surface area is 132 Å². The van der Waals surface area contributed by atoms with Gasteiger partial charge in [-0.3, -0.25) is 9.59 Å². The molecule has 1 aromatic rings. The molecule has 1 aliphatic heterocycles. The van der Waals surface area contributed by atoms with E-state index < -0.39 is 17.9 Å². The van der Waals surface area contributed by atoms with Gasteiger partial charge < -0.3 is 26.3 Å². The van der Waals surface area contributed by atoms with Gasteiger partial charge in [0.25, 0.3) is 0 Å². The number of hydrogen-bond donors (Lipinski definition) is 3. The minimum Gasteiger partial charge on any atom is -0.486 e. The number of hydrogen-bond acceptors (Lipinski definition) is 5. The van der Waals surface area contributed by atoms with E-state index in [4.69, 9.17) is 32.5 Å². The molecule has 0 aliphatic carbocycles. The summed E-state index contributed by atoms with van der Waals surface area (Å²) >= 11 is 6.03.